The van der Waals surface area contributed by atoms with Crippen molar-refractivity contribution in [1.82, 2.24) is 19.6 Å². The summed E-state index contributed by atoms with van der Waals surface area (Å²) in [4.78, 5) is 9.02. The molecule has 0 fully saturated rings. The lowest BCUT2D eigenvalue weighted by Gasteiger charge is -2.08. The Balaban J connectivity index is 2.32. The van der Waals surface area contributed by atoms with Crippen molar-refractivity contribution in [2.45, 2.75) is 33.6 Å². The second-order valence-electron chi connectivity index (χ2n) is 5.43. The lowest BCUT2D eigenvalue weighted by atomic mass is 10.0. The maximum absolute atomic E-state index is 4.76. The number of nitrogens with zero attached hydrogens (tertiary/aromatic N) is 4. The predicted molar refractivity (Wildman–Crippen MR) is 79.8 cm³/mol. The summed E-state index contributed by atoms with van der Waals surface area (Å²) in [5, 5.41) is 4.60. The smallest absolute Gasteiger partial charge is 0.154 e. The van der Waals surface area contributed by atoms with Crippen LogP contribution in [-0.4, -0.2) is 19.6 Å². The minimum absolute atomic E-state index is 0.350. The molecule has 0 N–H and O–H groups in total. The minimum atomic E-state index is 0.350. The van der Waals surface area contributed by atoms with Gasteiger partial charge in [0, 0.05) is 17.5 Å². The van der Waals surface area contributed by atoms with Crippen LogP contribution in [-0.2, 0) is 0 Å². The lowest BCUT2D eigenvalue weighted by molar-refractivity contribution is 0.753. The first kappa shape index (κ1) is 12.8. The molecule has 4 heteroatoms. The van der Waals surface area contributed by atoms with E-state index in [-0.39, 0.29) is 0 Å². The topological polar surface area (TPSA) is 43.1 Å². The zero-order valence-electron chi connectivity index (χ0n) is 12.3. The van der Waals surface area contributed by atoms with Crippen molar-refractivity contribution in [2.75, 3.05) is 0 Å². The highest BCUT2D eigenvalue weighted by Crippen LogP contribution is 2.29. The molecule has 0 aromatic carbocycles. The summed E-state index contributed by atoms with van der Waals surface area (Å²) in [7, 11) is 0. The van der Waals surface area contributed by atoms with E-state index in [1.54, 1.807) is 0 Å². The number of pyridine rings is 1. The molecular weight excluding hydrogens is 248 g/mol. The largest absolute Gasteiger partial charge is 0.262 e. The molecule has 0 aliphatic heterocycles. The normalized spacial score (nSPS) is 11.4. The molecule has 0 unspecified atom stereocenters. The quantitative estimate of drug-likeness (QED) is 0.712. The van der Waals surface area contributed by atoms with Gasteiger partial charge in [-0.3, -0.25) is 4.98 Å². The highest BCUT2D eigenvalue weighted by Gasteiger charge is 2.17. The van der Waals surface area contributed by atoms with E-state index >= 15 is 0 Å². The van der Waals surface area contributed by atoms with Crippen LogP contribution in [0.4, 0.5) is 0 Å². The Morgan fingerprint density at radius 3 is 2.55 bits per heavy atom. The Bertz CT molecular complexity index is 771. The number of aryl methyl sites for hydroxylation is 2. The van der Waals surface area contributed by atoms with E-state index in [0.717, 1.165) is 34.0 Å². The lowest BCUT2D eigenvalue weighted by Crippen LogP contribution is -2.01. The molecule has 0 atom stereocenters. The van der Waals surface area contributed by atoms with Crippen molar-refractivity contribution in [3.8, 4) is 11.3 Å². The monoisotopic (exact) mass is 266 g/mol. The fraction of sp³-hybridized carbons (Fsp3) is 0.312. The maximum Gasteiger partial charge on any atom is 0.154 e. The maximum atomic E-state index is 4.76. The highest BCUT2D eigenvalue weighted by molar-refractivity contribution is 5.66. The van der Waals surface area contributed by atoms with Gasteiger partial charge < -0.3 is 0 Å². The van der Waals surface area contributed by atoms with Crippen molar-refractivity contribution < 1.29 is 0 Å². The summed E-state index contributed by atoms with van der Waals surface area (Å²) in [5.74, 6) is 0.350. The molecule has 0 spiro atoms. The van der Waals surface area contributed by atoms with E-state index in [1.807, 2.05) is 42.8 Å². The second kappa shape index (κ2) is 4.71. The Hall–Kier alpha value is -2.23. The van der Waals surface area contributed by atoms with E-state index in [4.69, 9.17) is 4.98 Å². The van der Waals surface area contributed by atoms with Gasteiger partial charge in [0.05, 0.1) is 17.1 Å². The number of hydrogen-bond donors (Lipinski definition) is 0. The van der Waals surface area contributed by atoms with Crippen molar-refractivity contribution in [3.63, 3.8) is 0 Å². The molecule has 3 aromatic heterocycles. The molecule has 0 saturated heterocycles. The highest BCUT2D eigenvalue weighted by atomic mass is 15.3. The van der Waals surface area contributed by atoms with Gasteiger partial charge in [0.1, 0.15) is 0 Å². The van der Waals surface area contributed by atoms with E-state index < -0.39 is 0 Å². The van der Waals surface area contributed by atoms with Crippen LogP contribution in [0.15, 0.2) is 30.5 Å². The standard InChI is InChI=1S/C16H18N4/c1-10(2)16-15(13-7-8-17-12(4)9-13)18-14-6-5-11(3)19-20(14)16/h5-10H,1-4H3. The van der Waals surface area contributed by atoms with Gasteiger partial charge in [-0.2, -0.15) is 5.10 Å². The summed E-state index contributed by atoms with van der Waals surface area (Å²) in [6, 6.07) is 8.09. The van der Waals surface area contributed by atoms with Crippen LogP contribution in [0.2, 0.25) is 0 Å². The van der Waals surface area contributed by atoms with E-state index in [0.29, 0.717) is 5.92 Å². The Morgan fingerprint density at radius 1 is 1.05 bits per heavy atom. The van der Waals surface area contributed by atoms with E-state index in [2.05, 4.69) is 30.0 Å². The third-order valence-electron chi connectivity index (χ3n) is 3.36. The molecule has 3 heterocycles. The number of imidazole rings is 1. The zero-order valence-corrected chi connectivity index (χ0v) is 12.3. The number of fused-ring (bicyclic) bond motifs is 1. The Labute approximate surface area is 118 Å². The van der Waals surface area contributed by atoms with Gasteiger partial charge in [0.15, 0.2) is 5.65 Å². The molecule has 0 aliphatic rings. The van der Waals surface area contributed by atoms with Crippen molar-refractivity contribution in [1.29, 1.82) is 0 Å². The molecule has 0 saturated carbocycles. The summed E-state index contributed by atoms with van der Waals surface area (Å²) in [6.07, 6.45) is 1.83. The van der Waals surface area contributed by atoms with E-state index in [9.17, 15) is 0 Å². The molecule has 0 aliphatic carbocycles. The van der Waals surface area contributed by atoms with Crippen molar-refractivity contribution >= 4 is 5.65 Å². The SMILES string of the molecule is Cc1cc(-c2nc3ccc(C)nn3c2C(C)C)ccn1. The first-order valence-corrected chi connectivity index (χ1v) is 6.85. The van der Waals surface area contributed by atoms with Crippen LogP contribution in [0.25, 0.3) is 16.9 Å². The van der Waals surface area contributed by atoms with Crippen LogP contribution in [0.3, 0.4) is 0 Å². The van der Waals surface area contributed by atoms with Crippen LogP contribution >= 0.6 is 0 Å². The molecule has 0 radical (unpaired) electrons. The zero-order chi connectivity index (χ0) is 14.3. The molecule has 0 amide bonds. The first-order valence-electron chi connectivity index (χ1n) is 6.85. The van der Waals surface area contributed by atoms with E-state index in [1.165, 1.54) is 0 Å². The number of aromatic nitrogens is 4. The van der Waals surface area contributed by atoms with Gasteiger partial charge in [0.25, 0.3) is 0 Å². The Morgan fingerprint density at radius 2 is 1.85 bits per heavy atom. The average Bonchev–Trinajstić information content (AvgIpc) is 2.77. The summed E-state index contributed by atoms with van der Waals surface area (Å²) in [5.41, 5.74) is 6.14. The van der Waals surface area contributed by atoms with Crippen LogP contribution < -0.4 is 0 Å². The number of hydrogen-bond acceptors (Lipinski definition) is 3. The summed E-state index contributed by atoms with van der Waals surface area (Å²) < 4.78 is 1.96. The molecule has 3 rings (SSSR count). The molecular formula is C16H18N4. The van der Waals surface area contributed by atoms with Gasteiger partial charge in [0.2, 0.25) is 0 Å². The van der Waals surface area contributed by atoms with Gasteiger partial charge in [-0.1, -0.05) is 13.8 Å². The summed E-state index contributed by atoms with van der Waals surface area (Å²) >= 11 is 0. The van der Waals surface area contributed by atoms with Crippen molar-refractivity contribution in [2.24, 2.45) is 0 Å². The molecule has 0 bridgehead atoms. The summed E-state index contributed by atoms with van der Waals surface area (Å²) in [6.45, 7) is 8.34. The predicted octanol–water partition coefficient (Wildman–Crippen LogP) is 3.53. The average molecular weight is 266 g/mol. The van der Waals surface area contributed by atoms with Crippen LogP contribution in [0.5, 0.6) is 0 Å². The molecule has 102 valence electrons. The third-order valence-corrected chi connectivity index (χ3v) is 3.36. The van der Waals surface area contributed by atoms with Gasteiger partial charge in [-0.05, 0) is 44.0 Å². The second-order valence-corrected chi connectivity index (χ2v) is 5.43. The van der Waals surface area contributed by atoms with Gasteiger partial charge >= 0.3 is 0 Å². The fourth-order valence-electron chi connectivity index (χ4n) is 2.47. The molecule has 20 heavy (non-hydrogen) atoms. The molecule has 4 nitrogen and oxygen atoms in total. The van der Waals surface area contributed by atoms with Crippen LogP contribution in [0, 0.1) is 13.8 Å². The third kappa shape index (κ3) is 2.07. The van der Waals surface area contributed by atoms with Crippen LogP contribution in [0.1, 0.15) is 36.8 Å². The Kier molecular flexibility index (Phi) is 3.01. The van der Waals surface area contributed by atoms with Gasteiger partial charge in [-0.15, -0.1) is 0 Å². The van der Waals surface area contributed by atoms with Gasteiger partial charge in [-0.25, -0.2) is 9.50 Å². The minimum Gasteiger partial charge on any atom is -0.262 e. The number of rotatable bonds is 2. The fourth-order valence-corrected chi connectivity index (χ4v) is 2.47. The van der Waals surface area contributed by atoms with Crippen molar-refractivity contribution in [3.05, 3.63) is 47.5 Å². The molecule has 3 aromatic rings. The first-order chi connectivity index (χ1) is 9.56.